The third kappa shape index (κ3) is 4.67. The summed E-state index contributed by atoms with van der Waals surface area (Å²) < 4.78 is 15.8. The molecular weight excluding hydrogens is 384 g/mol. The lowest BCUT2D eigenvalue weighted by Crippen LogP contribution is -2.40. The first-order valence-electron chi connectivity index (χ1n) is 9.11. The van der Waals surface area contributed by atoms with E-state index >= 15 is 0 Å². The number of nitrogens with zero attached hydrogens (tertiary/aromatic N) is 1. The van der Waals surface area contributed by atoms with Crippen LogP contribution >= 0.6 is 0 Å². The Morgan fingerprint density at radius 2 is 2.07 bits per heavy atom. The van der Waals surface area contributed by atoms with E-state index in [-0.39, 0.29) is 12.5 Å². The van der Waals surface area contributed by atoms with Gasteiger partial charge in [0.05, 0.1) is 32.6 Å². The number of hydrogen-bond donors (Lipinski definition) is 3. The van der Waals surface area contributed by atoms with Gasteiger partial charge in [-0.15, -0.1) is 0 Å². The lowest BCUT2D eigenvalue weighted by atomic mass is 10.0. The third-order valence-corrected chi connectivity index (χ3v) is 4.35. The van der Waals surface area contributed by atoms with Crippen molar-refractivity contribution in [3.8, 4) is 11.6 Å². The fraction of sp³-hybridized carbons (Fsp3) is 0.136. The zero-order valence-corrected chi connectivity index (χ0v) is 16.7. The lowest BCUT2D eigenvalue weighted by molar-refractivity contribution is -0.111. The Morgan fingerprint density at radius 1 is 1.23 bits per heavy atom. The van der Waals surface area contributed by atoms with Crippen molar-refractivity contribution in [3.63, 3.8) is 0 Å². The average molecular weight is 407 g/mol. The number of hydrogen-bond acceptors (Lipinski definition) is 6. The number of nitrogens with two attached hydrogens (primary N) is 2. The van der Waals surface area contributed by atoms with Gasteiger partial charge >= 0.3 is 0 Å². The van der Waals surface area contributed by atoms with Gasteiger partial charge < -0.3 is 24.9 Å². The number of allylic oxidation sites excluding steroid dienone is 1. The van der Waals surface area contributed by atoms with Crippen LogP contribution in [0, 0.1) is 0 Å². The maximum atomic E-state index is 12.7. The van der Waals surface area contributed by atoms with Crippen molar-refractivity contribution in [1.29, 1.82) is 0 Å². The average Bonchev–Trinajstić information content (AvgIpc) is 3.29. The van der Waals surface area contributed by atoms with Gasteiger partial charge in [-0.1, -0.05) is 0 Å². The number of nitrogen functional groups attached to an aromatic ring is 1. The number of carbonyl (C=O) groups is 1. The second-order valence-electron chi connectivity index (χ2n) is 6.30. The van der Waals surface area contributed by atoms with Crippen LogP contribution in [-0.2, 0) is 6.54 Å². The maximum absolute atomic E-state index is 12.7. The molecule has 2 aromatic heterocycles. The Labute approximate surface area is 173 Å². The smallest absolute Gasteiger partial charge is 0.255 e. The number of nitrogens with one attached hydrogen (secondary N) is 1. The fourth-order valence-electron chi connectivity index (χ4n) is 2.84. The summed E-state index contributed by atoms with van der Waals surface area (Å²) in [5, 5.41) is 9.06. The van der Waals surface area contributed by atoms with E-state index in [1.165, 1.54) is 7.11 Å². The number of methoxy groups -OCH3 is 2. The number of furan rings is 1. The zero-order chi connectivity index (χ0) is 21.5. The molecule has 0 fully saturated rings. The fourth-order valence-corrected chi connectivity index (χ4v) is 2.84. The van der Waals surface area contributed by atoms with E-state index in [0.717, 1.165) is 5.56 Å². The highest BCUT2D eigenvalue weighted by Crippen LogP contribution is 2.29. The highest BCUT2D eigenvalue weighted by atomic mass is 16.5. The molecular formula is C22H23N4O4+. The van der Waals surface area contributed by atoms with Crippen LogP contribution in [0.2, 0.25) is 0 Å². The molecule has 0 spiro atoms. The van der Waals surface area contributed by atoms with Gasteiger partial charge in [-0.2, -0.15) is 0 Å². The molecule has 154 valence electrons. The summed E-state index contributed by atoms with van der Waals surface area (Å²) in [5.41, 5.74) is 8.46. The van der Waals surface area contributed by atoms with Gasteiger partial charge in [-0.3, -0.25) is 10.2 Å². The van der Waals surface area contributed by atoms with Crippen molar-refractivity contribution < 1.29 is 24.1 Å². The van der Waals surface area contributed by atoms with E-state index in [4.69, 9.17) is 25.0 Å². The molecule has 3 rings (SSSR count). The minimum Gasteiger partial charge on any atom is -0.495 e. The highest BCUT2D eigenvalue weighted by molar-refractivity contribution is 6.14. The van der Waals surface area contributed by atoms with Gasteiger partial charge in [0.15, 0.2) is 0 Å². The van der Waals surface area contributed by atoms with Gasteiger partial charge in [0.25, 0.3) is 5.91 Å². The molecule has 30 heavy (non-hydrogen) atoms. The Morgan fingerprint density at radius 3 is 2.70 bits per heavy atom. The molecule has 0 unspecified atom stereocenters. The van der Waals surface area contributed by atoms with E-state index in [9.17, 15) is 4.79 Å². The molecule has 8 nitrogen and oxygen atoms in total. The lowest BCUT2D eigenvalue weighted by Gasteiger charge is -2.13. The molecule has 1 amide bonds. The van der Waals surface area contributed by atoms with Crippen molar-refractivity contribution in [2.75, 3.05) is 20.0 Å². The van der Waals surface area contributed by atoms with E-state index in [1.54, 1.807) is 62.1 Å². The van der Waals surface area contributed by atoms with Crippen LogP contribution in [0.25, 0.3) is 6.08 Å². The topological polar surface area (TPSA) is 125 Å². The summed E-state index contributed by atoms with van der Waals surface area (Å²) in [4.78, 5) is 16.8. The van der Waals surface area contributed by atoms with Crippen molar-refractivity contribution in [2.24, 2.45) is 0 Å². The molecule has 0 atom stereocenters. The Balaban J connectivity index is 1.83. The van der Waals surface area contributed by atoms with Crippen LogP contribution < -0.4 is 25.9 Å². The van der Waals surface area contributed by atoms with Crippen molar-refractivity contribution in [1.82, 2.24) is 10.3 Å². The number of amides is 1. The quantitative estimate of drug-likeness (QED) is 0.384. The normalized spacial score (nSPS) is 10.7. The second kappa shape index (κ2) is 9.42. The molecule has 0 aliphatic heterocycles. The van der Waals surface area contributed by atoms with Crippen LogP contribution in [0.4, 0.5) is 5.69 Å². The largest absolute Gasteiger partial charge is 0.495 e. The summed E-state index contributed by atoms with van der Waals surface area (Å²) in [6, 6.07) is 10.3. The number of ether oxygens (including phenoxy) is 2. The number of rotatable bonds is 8. The first-order chi connectivity index (χ1) is 14.5. The number of benzene rings is 1. The van der Waals surface area contributed by atoms with E-state index < -0.39 is 0 Å². The molecule has 0 saturated heterocycles. The van der Waals surface area contributed by atoms with Gasteiger partial charge in [0.1, 0.15) is 17.1 Å². The summed E-state index contributed by atoms with van der Waals surface area (Å²) >= 11 is 0. The van der Waals surface area contributed by atoms with Crippen LogP contribution in [0.3, 0.4) is 0 Å². The summed E-state index contributed by atoms with van der Waals surface area (Å²) in [6.07, 6.45) is 6.66. The first kappa shape index (κ1) is 20.7. The van der Waals surface area contributed by atoms with Gasteiger partial charge in [0, 0.05) is 24.0 Å². The van der Waals surface area contributed by atoms with Crippen LogP contribution in [0.5, 0.6) is 11.6 Å². The minimum atomic E-state index is -0.333. The van der Waals surface area contributed by atoms with E-state index in [0.29, 0.717) is 39.9 Å². The zero-order valence-electron chi connectivity index (χ0n) is 16.7. The molecule has 0 radical (unpaired) electrons. The second-order valence-corrected chi connectivity index (χ2v) is 6.30. The van der Waals surface area contributed by atoms with Crippen molar-refractivity contribution in [2.45, 2.75) is 6.54 Å². The molecule has 0 aliphatic rings. The number of anilines is 1. The minimum absolute atomic E-state index is 0.248. The van der Waals surface area contributed by atoms with E-state index in [1.807, 2.05) is 6.07 Å². The summed E-state index contributed by atoms with van der Waals surface area (Å²) in [5.74, 6) is 1.12. The van der Waals surface area contributed by atoms with Crippen LogP contribution in [-0.4, -0.2) is 30.8 Å². The molecule has 5 N–H and O–H groups in total. The molecule has 3 aromatic rings. The summed E-state index contributed by atoms with van der Waals surface area (Å²) in [7, 11) is 3.02. The number of pyridine rings is 1. The van der Waals surface area contributed by atoms with E-state index in [2.05, 4.69) is 10.3 Å². The van der Waals surface area contributed by atoms with Crippen molar-refractivity contribution in [3.05, 3.63) is 77.4 Å². The highest BCUT2D eigenvalue weighted by Gasteiger charge is 2.22. The monoisotopic (exact) mass is 407 g/mol. The SMILES string of the molecule is COc1ccc(/C=C/C(=[NH2+])c2c(N)ccc(C(=O)NCc3ccco3)c2OC)cn1. The number of carbonyl (C=O) groups excluding carboxylic acids is 1. The molecule has 1 aromatic carbocycles. The Kier molecular flexibility index (Phi) is 6.49. The first-order valence-corrected chi connectivity index (χ1v) is 9.11. The maximum Gasteiger partial charge on any atom is 0.255 e. The summed E-state index contributed by atoms with van der Waals surface area (Å²) in [6.45, 7) is 0.248. The molecule has 8 heteroatoms. The van der Waals surface area contributed by atoms with Crippen LogP contribution in [0.1, 0.15) is 27.2 Å². The Bertz CT molecular complexity index is 1060. The van der Waals surface area contributed by atoms with Crippen molar-refractivity contribution >= 4 is 23.4 Å². The molecule has 2 heterocycles. The van der Waals surface area contributed by atoms with Crippen LogP contribution in [0.15, 0.2) is 59.4 Å². The number of aromatic nitrogens is 1. The van der Waals surface area contributed by atoms with Gasteiger partial charge in [-0.25, -0.2) is 4.98 Å². The van der Waals surface area contributed by atoms with Gasteiger partial charge in [0.2, 0.25) is 11.6 Å². The molecule has 0 bridgehead atoms. The Hall–Kier alpha value is -4.07. The predicted octanol–water partition coefficient (Wildman–Crippen LogP) is 1.47. The third-order valence-electron chi connectivity index (χ3n) is 4.35. The predicted molar refractivity (Wildman–Crippen MR) is 113 cm³/mol. The standard InChI is InChI=1S/C22H22N4O4/c1-28-19-10-6-14(12-25-19)5-8-17(23)20-18(24)9-7-16(21(20)29-2)22(27)26-13-15-4-3-11-30-15/h3-12,23H,13,24H2,1-2H3,(H,26,27)/p+1/b8-5+,23-17?. The molecule has 0 saturated carbocycles. The van der Waals surface area contributed by atoms with Gasteiger partial charge in [-0.05, 0) is 42.0 Å². The molecule has 0 aliphatic carbocycles.